The second kappa shape index (κ2) is 7.66. The van der Waals surface area contributed by atoms with Crippen LogP contribution in [-0.4, -0.2) is 11.7 Å². The fourth-order valence-electron chi connectivity index (χ4n) is 2.72. The van der Waals surface area contributed by atoms with Crippen LogP contribution in [0.4, 0.5) is 0 Å². The molecule has 0 fully saturated rings. The summed E-state index contributed by atoms with van der Waals surface area (Å²) in [6.45, 7) is 9.95. The van der Waals surface area contributed by atoms with Crippen molar-refractivity contribution in [2.24, 2.45) is 16.6 Å². The fourth-order valence-corrected chi connectivity index (χ4v) is 2.72. The summed E-state index contributed by atoms with van der Waals surface area (Å²) in [4.78, 5) is 23.3. The number of amides is 1. The molecule has 1 amide bonds. The van der Waals surface area contributed by atoms with Crippen LogP contribution in [0, 0.1) is 10.8 Å². The Morgan fingerprint density at radius 2 is 1.58 bits per heavy atom. The first-order valence-electron chi connectivity index (χ1n) is 7.42. The van der Waals surface area contributed by atoms with E-state index < -0.39 is 5.41 Å². The van der Waals surface area contributed by atoms with Gasteiger partial charge in [0.05, 0.1) is 0 Å². The van der Waals surface area contributed by atoms with Crippen LogP contribution < -0.4 is 5.73 Å². The average Bonchev–Trinajstić information content (AvgIpc) is 2.21. The van der Waals surface area contributed by atoms with Gasteiger partial charge in [0.25, 0.3) is 0 Å². The monoisotopic (exact) mass is 269 g/mol. The van der Waals surface area contributed by atoms with Crippen LogP contribution in [-0.2, 0) is 9.59 Å². The second-order valence-electron chi connectivity index (χ2n) is 7.12. The Morgan fingerprint density at radius 1 is 1.00 bits per heavy atom. The van der Waals surface area contributed by atoms with Crippen molar-refractivity contribution in [2.75, 3.05) is 0 Å². The molecule has 0 aliphatic carbocycles. The first-order chi connectivity index (χ1) is 8.60. The van der Waals surface area contributed by atoms with Gasteiger partial charge in [-0.2, -0.15) is 0 Å². The highest BCUT2D eigenvalue weighted by Crippen LogP contribution is 2.36. The van der Waals surface area contributed by atoms with E-state index in [1.165, 1.54) is 12.8 Å². The molecule has 0 saturated carbocycles. The minimum atomic E-state index is -0.550. The van der Waals surface area contributed by atoms with Gasteiger partial charge in [0.15, 0.2) is 0 Å². The molecule has 0 aromatic heterocycles. The zero-order valence-electron chi connectivity index (χ0n) is 13.3. The summed E-state index contributed by atoms with van der Waals surface area (Å²) < 4.78 is 0. The molecule has 0 saturated heterocycles. The third-order valence-electron chi connectivity index (χ3n) is 3.57. The van der Waals surface area contributed by atoms with E-state index in [1.54, 1.807) is 0 Å². The molecule has 0 aromatic rings. The van der Waals surface area contributed by atoms with Gasteiger partial charge in [-0.25, -0.2) is 0 Å². The summed E-state index contributed by atoms with van der Waals surface area (Å²) in [7, 11) is 0. The Labute approximate surface area is 118 Å². The van der Waals surface area contributed by atoms with Crippen molar-refractivity contribution in [1.82, 2.24) is 0 Å². The summed E-state index contributed by atoms with van der Waals surface area (Å²) in [6.07, 6.45) is 6.36. The van der Waals surface area contributed by atoms with E-state index in [1.807, 2.05) is 27.7 Å². The molecule has 0 rings (SSSR count). The zero-order chi connectivity index (χ0) is 15.1. The molecule has 112 valence electrons. The molecule has 0 unspecified atom stereocenters. The number of ketones is 1. The van der Waals surface area contributed by atoms with E-state index in [0.29, 0.717) is 25.0 Å². The van der Waals surface area contributed by atoms with Gasteiger partial charge in [0, 0.05) is 18.3 Å². The van der Waals surface area contributed by atoms with Gasteiger partial charge in [-0.05, 0) is 18.3 Å². The second-order valence-corrected chi connectivity index (χ2v) is 7.12. The normalized spacial score (nSPS) is 12.5. The van der Waals surface area contributed by atoms with Crippen LogP contribution in [0.25, 0.3) is 0 Å². The number of nitrogens with two attached hydrogens (primary N) is 1. The lowest BCUT2D eigenvalue weighted by Crippen LogP contribution is -2.36. The van der Waals surface area contributed by atoms with E-state index in [2.05, 4.69) is 6.92 Å². The number of carbonyl (C=O) groups is 2. The molecule has 3 heteroatoms. The van der Waals surface area contributed by atoms with E-state index in [9.17, 15) is 9.59 Å². The average molecular weight is 269 g/mol. The van der Waals surface area contributed by atoms with E-state index in [0.717, 1.165) is 12.8 Å². The van der Waals surface area contributed by atoms with E-state index >= 15 is 0 Å². The van der Waals surface area contributed by atoms with E-state index in [4.69, 9.17) is 5.73 Å². The van der Waals surface area contributed by atoms with Crippen molar-refractivity contribution in [2.45, 2.75) is 79.6 Å². The Morgan fingerprint density at radius 3 is 2.05 bits per heavy atom. The maximum atomic E-state index is 12.0. The molecule has 0 aromatic carbocycles. The molecule has 2 N–H and O–H groups in total. The number of hydrogen-bond donors (Lipinski definition) is 1. The number of unbranched alkanes of at least 4 members (excludes halogenated alkanes) is 3. The molecule has 0 spiro atoms. The van der Waals surface area contributed by atoms with Gasteiger partial charge in [-0.3, -0.25) is 9.59 Å². The Hall–Kier alpha value is -0.860. The van der Waals surface area contributed by atoms with Crippen LogP contribution in [0.15, 0.2) is 0 Å². The maximum absolute atomic E-state index is 12.0. The molecule has 0 aliphatic heterocycles. The predicted octanol–water partition coefficient (Wildman–Crippen LogP) is 3.84. The largest absolute Gasteiger partial charge is 0.369 e. The predicted molar refractivity (Wildman–Crippen MR) is 79.8 cm³/mol. The lowest BCUT2D eigenvalue weighted by atomic mass is 9.72. The van der Waals surface area contributed by atoms with Crippen molar-refractivity contribution in [1.29, 1.82) is 0 Å². The van der Waals surface area contributed by atoms with Gasteiger partial charge < -0.3 is 5.73 Å². The van der Waals surface area contributed by atoms with Crippen LogP contribution >= 0.6 is 0 Å². The zero-order valence-corrected chi connectivity index (χ0v) is 13.3. The summed E-state index contributed by atoms with van der Waals surface area (Å²) in [5.74, 6) is 0.0114. The molecule has 0 bridgehead atoms. The third kappa shape index (κ3) is 8.02. The van der Waals surface area contributed by atoms with Gasteiger partial charge in [-0.1, -0.05) is 53.9 Å². The fraction of sp³-hybridized carbons (Fsp3) is 0.875. The minimum absolute atomic E-state index is 0.166. The Bertz CT molecular complexity index is 306. The summed E-state index contributed by atoms with van der Waals surface area (Å²) in [5, 5.41) is 0. The smallest absolute Gasteiger partial charge is 0.223 e. The van der Waals surface area contributed by atoms with Crippen molar-refractivity contribution in [3.05, 3.63) is 0 Å². The number of rotatable bonds is 10. The number of carbonyl (C=O) groups excluding carboxylic acids is 2. The van der Waals surface area contributed by atoms with Gasteiger partial charge in [0.2, 0.25) is 5.91 Å². The Kier molecular flexibility index (Phi) is 7.32. The van der Waals surface area contributed by atoms with E-state index in [-0.39, 0.29) is 11.3 Å². The molecular weight excluding hydrogens is 238 g/mol. The minimum Gasteiger partial charge on any atom is -0.369 e. The van der Waals surface area contributed by atoms with Crippen LogP contribution in [0.1, 0.15) is 79.6 Å². The number of hydrogen-bond acceptors (Lipinski definition) is 2. The lowest BCUT2D eigenvalue weighted by molar-refractivity contribution is -0.129. The van der Waals surface area contributed by atoms with Gasteiger partial charge in [0.1, 0.15) is 5.78 Å². The van der Waals surface area contributed by atoms with Gasteiger partial charge in [-0.15, -0.1) is 0 Å². The highest BCUT2D eigenvalue weighted by Gasteiger charge is 2.34. The maximum Gasteiger partial charge on any atom is 0.223 e. The van der Waals surface area contributed by atoms with Crippen molar-refractivity contribution in [3.63, 3.8) is 0 Å². The first kappa shape index (κ1) is 18.1. The van der Waals surface area contributed by atoms with Crippen LogP contribution in [0.3, 0.4) is 0 Å². The standard InChI is InChI=1S/C16H31NO2/c1-6-7-8-9-10-13(18)11-15(2,3)12-16(4,5)14(17)19/h6-12H2,1-5H3,(H2,17,19). The van der Waals surface area contributed by atoms with Crippen LogP contribution in [0.5, 0.6) is 0 Å². The third-order valence-corrected chi connectivity index (χ3v) is 3.57. The Balaban J connectivity index is 4.21. The van der Waals surface area contributed by atoms with Crippen molar-refractivity contribution in [3.8, 4) is 0 Å². The SMILES string of the molecule is CCCCCCC(=O)CC(C)(C)CC(C)(C)C(N)=O. The molecule has 3 nitrogen and oxygen atoms in total. The summed E-state index contributed by atoms with van der Waals surface area (Å²) in [6, 6.07) is 0. The van der Waals surface area contributed by atoms with Crippen LogP contribution in [0.2, 0.25) is 0 Å². The van der Waals surface area contributed by atoms with Gasteiger partial charge >= 0.3 is 0 Å². The molecule has 19 heavy (non-hydrogen) atoms. The molecule has 0 radical (unpaired) electrons. The molecular formula is C16H31NO2. The topological polar surface area (TPSA) is 60.2 Å². The summed E-state index contributed by atoms with van der Waals surface area (Å²) in [5.41, 5.74) is 4.68. The molecule has 0 aliphatic rings. The molecule has 0 atom stereocenters. The highest BCUT2D eigenvalue weighted by molar-refractivity contribution is 5.81. The van der Waals surface area contributed by atoms with Crippen molar-refractivity contribution < 1.29 is 9.59 Å². The molecule has 0 heterocycles. The lowest BCUT2D eigenvalue weighted by Gasteiger charge is -2.32. The number of Topliss-reactive ketones (excluding diaryl/α,β-unsaturated/α-hetero) is 1. The summed E-state index contributed by atoms with van der Waals surface area (Å²) >= 11 is 0. The highest BCUT2D eigenvalue weighted by atomic mass is 16.1. The van der Waals surface area contributed by atoms with Crippen molar-refractivity contribution >= 4 is 11.7 Å². The first-order valence-corrected chi connectivity index (χ1v) is 7.42. The number of primary amides is 1. The quantitative estimate of drug-likeness (QED) is 0.612.